The van der Waals surface area contributed by atoms with Crippen molar-refractivity contribution in [2.45, 2.75) is 44.1 Å². The van der Waals surface area contributed by atoms with E-state index in [1.165, 1.54) is 17.7 Å². The zero-order chi connectivity index (χ0) is 42.6. The van der Waals surface area contributed by atoms with Gasteiger partial charge in [0.2, 0.25) is 11.2 Å². The van der Waals surface area contributed by atoms with E-state index in [4.69, 9.17) is 9.47 Å². The third-order valence-corrected chi connectivity index (χ3v) is 11.2. The number of esters is 1. The summed E-state index contributed by atoms with van der Waals surface area (Å²) >= 11 is 0. The molecule has 1 saturated heterocycles. The number of carbonyl (C=O) groups excluding carboxylic acids is 2. The second kappa shape index (κ2) is 20.3. The largest absolute Gasteiger partial charge is 0.506 e. The zero-order valence-electron chi connectivity index (χ0n) is 34.0. The highest BCUT2D eigenvalue weighted by atomic mass is 16.5. The average molecular weight is 825 g/mol. The highest BCUT2D eigenvalue weighted by Crippen LogP contribution is 2.34. The predicted molar refractivity (Wildman–Crippen MR) is 233 cm³/mol. The van der Waals surface area contributed by atoms with Gasteiger partial charge in [0.15, 0.2) is 0 Å². The fourth-order valence-corrected chi connectivity index (χ4v) is 7.70. The van der Waals surface area contributed by atoms with E-state index in [-0.39, 0.29) is 48.4 Å². The Labute approximate surface area is 354 Å². The number of pyridine rings is 1. The van der Waals surface area contributed by atoms with Crippen LogP contribution in [0.1, 0.15) is 63.5 Å². The SMILES string of the molecule is O=C(NCCCOc1cccc(C(O)(C(=O)OCC2CCN(Cc3ccccc3)CC2)c2ccccc2)c1)c1ccc(CNCC(O)c2ccc(O)c3[nH]c(=O)ccc23)cc1. The third kappa shape index (κ3) is 10.9. The minimum absolute atomic E-state index is 0.0670. The monoisotopic (exact) mass is 824 g/mol. The Balaban J connectivity index is 0.855. The van der Waals surface area contributed by atoms with Crippen molar-refractivity contribution in [1.82, 2.24) is 20.5 Å². The lowest BCUT2D eigenvalue weighted by Crippen LogP contribution is -2.40. The number of hydrogen-bond donors (Lipinski definition) is 6. The second-order valence-corrected chi connectivity index (χ2v) is 15.5. The molecule has 1 aromatic heterocycles. The highest BCUT2D eigenvalue weighted by Gasteiger charge is 2.42. The van der Waals surface area contributed by atoms with Crippen molar-refractivity contribution in [3.05, 3.63) is 177 Å². The van der Waals surface area contributed by atoms with Gasteiger partial charge in [-0.2, -0.15) is 0 Å². The fourth-order valence-electron chi connectivity index (χ4n) is 7.70. The van der Waals surface area contributed by atoms with E-state index < -0.39 is 17.7 Å². The molecule has 2 atom stereocenters. The summed E-state index contributed by atoms with van der Waals surface area (Å²) in [6, 6.07) is 39.2. The summed E-state index contributed by atoms with van der Waals surface area (Å²) in [6.07, 6.45) is 1.44. The van der Waals surface area contributed by atoms with Gasteiger partial charge in [-0.25, -0.2) is 4.79 Å². The van der Waals surface area contributed by atoms with E-state index in [0.717, 1.165) is 38.0 Å². The smallest absolute Gasteiger partial charge is 0.347 e. The molecule has 0 aliphatic carbocycles. The molecule has 61 heavy (non-hydrogen) atoms. The molecule has 1 amide bonds. The van der Waals surface area contributed by atoms with E-state index in [2.05, 4.69) is 44.8 Å². The van der Waals surface area contributed by atoms with Crippen LogP contribution in [0.2, 0.25) is 0 Å². The number of aromatic hydroxyl groups is 1. The van der Waals surface area contributed by atoms with Crippen LogP contribution in [0.3, 0.4) is 0 Å². The number of carbonyl (C=O) groups is 2. The van der Waals surface area contributed by atoms with Crippen LogP contribution in [-0.2, 0) is 28.2 Å². The molecule has 0 radical (unpaired) electrons. The first-order valence-corrected chi connectivity index (χ1v) is 20.7. The number of phenolic OH excluding ortho intramolecular Hbond substituents is 1. The quantitative estimate of drug-likeness (QED) is 0.0450. The van der Waals surface area contributed by atoms with Crippen LogP contribution in [0, 0.1) is 5.92 Å². The summed E-state index contributed by atoms with van der Waals surface area (Å²) in [5.41, 5.74) is 1.92. The Hall–Kier alpha value is -6.31. The normalized spacial score (nSPS) is 14.9. The summed E-state index contributed by atoms with van der Waals surface area (Å²) in [7, 11) is 0. The van der Waals surface area contributed by atoms with Gasteiger partial charge in [-0.1, -0.05) is 91.0 Å². The van der Waals surface area contributed by atoms with E-state index in [9.17, 15) is 29.7 Å². The molecule has 1 aliphatic heterocycles. The number of piperidine rings is 1. The maximum absolute atomic E-state index is 13.8. The highest BCUT2D eigenvalue weighted by molar-refractivity contribution is 5.94. The predicted octanol–water partition coefficient (Wildman–Crippen LogP) is 5.95. The number of benzene rings is 5. The van der Waals surface area contributed by atoms with Crippen LogP contribution in [0.25, 0.3) is 10.9 Å². The van der Waals surface area contributed by atoms with E-state index in [1.807, 2.05) is 24.3 Å². The molecule has 1 aliphatic rings. The van der Waals surface area contributed by atoms with Crippen molar-refractivity contribution in [2.75, 3.05) is 39.4 Å². The van der Waals surface area contributed by atoms with Crippen molar-refractivity contribution in [1.29, 1.82) is 0 Å². The number of hydrogen-bond acceptors (Lipinski definition) is 10. The molecule has 2 unspecified atom stereocenters. The Kier molecular flexibility index (Phi) is 14.2. The van der Waals surface area contributed by atoms with Crippen molar-refractivity contribution < 1.29 is 34.4 Å². The van der Waals surface area contributed by atoms with Crippen LogP contribution in [0.15, 0.2) is 138 Å². The average Bonchev–Trinajstić information content (AvgIpc) is 3.29. The van der Waals surface area contributed by atoms with Crippen molar-refractivity contribution >= 4 is 22.8 Å². The van der Waals surface area contributed by atoms with Crippen molar-refractivity contribution in [3.8, 4) is 11.5 Å². The molecule has 6 N–H and O–H groups in total. The lowest BCUT2D eigenvalue weighted by atomic mass is 9.86. The summed E-state index contributed by atoms with van der Waals surface area (Å²) in [5.74, 6) is -0.341. The molecule has 6 aromatic rings. The Morgan fingerprint density at radius 1 is 0.836 bits per heavy atom. The maximum Gasteiger partial charge on any atom is 0.347 e. The first kappa shape index (κ1) is 42.8. The number of amides is 1. The van der Waals surface area contributed by atoms with Crippen LogP contribution in [0.4, 0.5) is 0 Å². The Bertz CT molecular complexity index is 2440. The first-order valence-electron chi connectivity index (χ1n) is 20.7. The molecule has 12 nitrogen and oxygen atoms in total. The summed E-state index contributed by atoms with van der Waals surface area (Å²) in [6.45, 7) is 4.29. The van der Waals surface area contributed by atoms with Gasteiger partial charge in [0.05, 0.1) is 24.8 Å². The van der Waals surface area contributed by atoms with Crippen LogP contribution < -0.4 is 20.9 Å². The van der Waals surface area contributed by atoms with Crippen molar-refractivity contribution in [3.63, 3.8) is 0 Å². The molecular formula is C49H52N4O8. The molecule has 5 aromatic carbocycles. The van der Waals surface area contributed by atoms with E-state index >= 15 is 0 Å². The fraction of sp³-hybridized carbons (Fsp3) is 0.286. The lowest BCUT2D eigenvalue weighted by Gasteiger charge is -2.33. The molecule has 0 saturated carbocycles. The molecule has 0 spiro atoms. The number of H-pyrrole nitrogens is 1. The second-order valence-electron chi connectivity index (χ2n) is 15.5. The number of aromatic amines is 1. The van der Waals surface area contributed by atoms with Crippen LogP contribution in [-0.4, -0.2) is 76.5 Å². The summed E-state index contributed by atoms with van der Waals surface area (Å²) in [5, 5.41) is 39.8. The molecule has 2 heterocycles. The zero-order valence-corrected chi connectivity index (χ0v) is 34.0. The molecule has 0 bridgehead atoms. The molecule has 316 valence electrons. The molecule has 7 rings (SSSR count). The van der Waals surface area contributed by atoms with Gasteiger partial charge in [-0.15, -0.1) is 0 Å². The third-order valence-electron chi connectivity index (χ3n) is 11.2. The van der Waals surface area contributed by atoms with Gasteiger partial charge in [0.25, 0.3) is 5.91 Å². The standard InChI is InChI=1S/C49H52N4O8/c54-43-21-19-41(42-20-22-45(56)52-46(42)43)44(55)31-50-30-34-15-17-37(18-16-34)47(57)51-25-8-28-60-40-14-7-13-39(29-40)49(59,38-11-5-2-6-12-38)48(58)61-33-36-23-26-53(27-24-36)32-35-9-3-1-4-10-35/h1-7,9-22,29,36,44,50,54-55,59H,8,23-28,30-33H2,(H,51,57)(H,52,56). The van der Waals surface area contributed by atoms with Gasteiger partial charge in [0.1, 0.15) is 11.5 Å². The van der Waals surface area contributed by atoms with Crippen LogP contribution >= 0.6 is 0 Å². The number of nitrogens with one attached hydrogen (secondary N) is 3. The Morgan fingerprint density at radius 3 is 2.31 bits per heavy atom. The molecule has 1 fully saturated rings. The van der Waals surface area contributed by atoms with E-state index in [0.29, 0.717) is 52.9 Å². The number of fused-ring (bicyclic) bond motifs is 1. The number of phenols is 1. The Morgan fingerprint density at radius 2 is 1.56 bits per heavy atom. The van der Waals surface area contributed by atoms with Gasteiger partial charge in [-0.05, 0) is 96.9 Å². The number of ether oxygens (including phenoxy) is 2. The topological polar surface area (TPSA) is 173 Å². The van der Waals surface area contributed by atoms with E-state index in [1.54, 1.807) is 72.8 Å². The summed E-state index contributed by atoms with van der Waals surface area (Å²) < 4.78 is 11.9. The summed E-state index contributed by atoms with van der Waals surface area (Å²) in [4.78, 5) is 43.4. The number of nitrogens with zero attached hydrogens (tertiary/aromatic N) is 1. The van der Waals surface area contributed by atoms with Crippen molar-refractivity contribution in [2.24, 2.45) is 5.92 Å². The van der Waals surface area contributed by atoms with Gasteiger partial charge < -0.3 is 40.4 Å². The number of aliphatic hydroxyl groups excluding tert-OH is 1. The van der Waals surface area contributed by atoms with Crippen LogP contribution in [0.5, 0.6) is 11.5 Å². The lowest BCUT2D eigenvalue weighted by molar-refractivity contribution is -0.164. The number of aliphatic hydroxyl groups is 2. The molecule has 12 heteroatoms. The first-order chi connectivity index (χ1) is 29.7. The number of aromatic nitrogens is 1. The maximum atomic E-state index is 13.8. The van der Waals surface area contributed by atoms with Gasteiger partial charge in [-0.3, -0.25) is 14.5 Å². The number of rotatable bonds is 18. The molecular weight excluding hydrogens is 773 g/mol. The minimum atomic E-state index is -2.04. The van der Waals surface area contributed by atoms with Gasteiger partial charge >= 0.3 is 5.97 Å². The number of likely N-dealkylation sites (tertiary alicyclic amines) is 1. The minimum Gasteiger partial charge on any atom is -0.506 e. The van der Waals surface area contributed by atoms with Gasteiger partial charge in [0, 0.05) is 48.8 Å².